The lowest BCUT2D eigenvalue weighted by Gasteiger charge is -2.35. The Balaban J connectivity index is 1.96. The molecule has 0 N–H and O–H groups in total. The smallest absolute Gasteiger partial charge is 0.410 e. The largest absolute Gasteiger partial charge is 0.496 e. The van der Waals surface area contributed by atoms with Crippen LogP contribution in [0.3, 0.4) is 0 Å². The molecule has 1 heterocycles. The van der Waals surface area contributed by atoms with E-state index in [0.717, 1.165) is 25.4 Å². The number of benzene rings is 1. The maximum atomic E-state index is 12.2. The fourth-order valence-corrected chi connectivity index (χ4v) is 2.94. The molecule has 0 radical (unpaired) electrons. The Labute approximate surface area is 151 Å². The molecular weight excluding hydrogens is 316 g/mol. The Kier molecular flexibility index (Phi) is 6.33. The zero-order chi connectivity index (χ0) is 18.6. The Morgan fingerprint density at radius 3 is 2.32 bits per heavy atom. The zero-order valence-corrected chi connectivity index (χ0v) is 16.5. The van der Waals surface area contributed by atoms with Crippen LogP contribution in [0.5, 0.6) is 5.75 Å². The van der Waals surface area contributed by atoms with Crippen LogP contribution in [-0.2, 0) is 11.3 Å². The van der Waals surface area contributed by atoms with Gasteiger partial charge in [-0.15, -0.1) is 0 Å². The van der Waals surface area contributed by atoms with Gasteiger partial charge in [-0.25, -0.2) is 4.79 Å². The van der Waals surface area contributed by atoms with E-state index in [4.69, 9.17) is 9.47 Å². The minimum atomic E-state index is -0.446. The van der Waals surface area contributed by atoms with E-state index >= 15 is 0 Å². The van der Waals surface area contributed by atoms with E-state index in [2.05, 4.69) is 36.9 Å². The minimum absolute atomic E-state index is 0.216. The fourth-order valence-electron chi connectivity index (χ4n) is 2.94. The van der Waals surface area contributed by atoms with Crippen LogP contribution in [-0.4, -0.2) is 54.8 Å². The standard InChI is InChI=1S/C20H32N2O3/c1-15(2)16-7-8-18(24-6)17(13-16)14-21-9-11-22(12-10-21)19(23)25-20(3,4)5/h7-8,13,15H,9-12,14H2,1-6H3. The van der Waals surface area contributed by atoms with Gasteiger partial charge in [0, 0.05) is 38.3 Å². The van der Waals surface area contributed by atoms with Gasteiger partial charge in [-0.2, -0.15) is 0 Å². The van der Waals surface area contributed by atoms with Crippen molar-refractivity contribution in [3.8, 4) is 5.75 Å². The molecule has 0 unspecified atom stereocenters. The topological polar surface area (TPSA) is 42.0 Å². The van der Waals surface area contributed by atoms with Gasteiger partial charge in [-0.1, -0.05) is 26.0 Å². The summed E-state index contributed by atoms with van der Waals surface area (Å²) in [5, 5.41) is 0. The first-order valence-corrected chi connectivity index (χ1v) is 9.06. The van der Waals surface area contributed by atoms with Crippen molar-refractivity contribution in [2.45, 2.75) is 52.7 Å². The van der Waals surface area contributed by atoms with E-state index in [1.807, 2.05) is 20.8 Å². The molecule has 0 saturated carbocycles. The predicted molar refractivity (Wildman–Crippen MR) is 100 cm³/mol. The summed E-state index contributed by atoms with van der Waals surface area (Å²) in [5.41, 5.74) is 2.08. The highest BCUT2D eigenvalue weighted by atomic mass is 16.6. The average molecular weight is 348 g/mol. The summed E-state index contributed by atoms with van der Waals surface area (Å²) in [6.45, 7) is 14.0. The van der Waals surface area contributed by atoms with E-state index in [-0.39, 0.29) is 6.09 Å². The molecule has 1 saturated heterocycles. The molecule has 0 spiro atoms. The molecule has 0 aliphatic carbocycles. The number of methoxy groups -OCH3 is 1. The van der Waals surface area contributed by atoms with Crippen molar-refractivity contribution in [2.75, 3.05) is 33.3 Å². The molecule has 5 nitrogen and oxygen atoms in total. The van der Waals surface area contributed by atoms with Gasteiger partial charge < -0.3 is 14.4 Å². The van der Waals surface area contributed by atoms with Crippen molar-refractivity contribution in [1.29, 1.82) is 0 Å². The highest BCUT2D eigenvalue weighted by Crippen LogP contribution is 2.26. The van der Waals surface area contributed by atoms with Crippen molar-refractivity contribution in [3.05, 3.63) is 29.3 Å². The highest BCUT2D eigenvalue weighted by Gasteiger charge is 2.26. The lowest BCUT2D eigenvalue weighted by atomic mass is 10.00. The first kappa shape index (κ1) is 19.6. The van der Waals surface area contributed by atoms with Crippen LogP contribution < -0.4 is 4.74 Å². The van der Waals surface area contributed by atoms with E-state index in [1.54, 1.807) is 12.0 Å². The summed E-state index contributed by atoms with van der Waals surface area (Å²) in [5.74, 6) is 1.42. The molecule has 0 aromatic heterocycles. The Morgan fingerprint density at radius 1 is 1.16 bits per heavy atom. The third-order valence-electron chi connectivity index (χ3n) is 4.39. The van der Waals surface area contributed by atoms with E-state index in [0.29, 0.717) is 19.0 Å². The summed E-state index contributed by atoms with van der Waals surface area (Å²) in [6, 6.07) is 6.43. The molecular formula is C20H32N2O3. The summed E-state index contributed by atoms with van der Waals surface area (Å²) in [4.78, 5) is 16.3. The average Bonchev–Trinajstić information content (AvgIpc) is 2.53. The Hall–Kier alpha value is -1.75. The molecule has 1 aromatic rings. The number of rotatable bonds is 4. The molecule has 1 fully saturated rings. The molecule has 140 valence electrons. The molecule has 2 rings (SSSR count). The highest BCUT2D eigenvalue weighted by molar-refractivity contribution is 5.68. The van der Waals surface area contributed by atoms with Gasteiger partial charge in [0.15, 0.2) is 0 Å². The third kappa shape index (κ3) is 5.63. The minimum Gasteiger partial charge on any atom is -0.496 e. The van der Waals surface area contributed by atoms with Crippen LogP contribution in [0.25, 0.3) is 0 Å². The van der Waals surface area contributed by atoms with Crippen LogP contribution in [0.15, 0.2) is 18.2 Å². The van der Waals surface area contributed by atoms with Gasteiger partial charge >= 0.3 is 6.09 Å². The predicted octanol–water partition coefficient (Wildman–Crippen LogP) is 3.87. The number of carbonyl (C=O) groups is 1. The summed E-state index contributed by atoms with van der Waals surface area (Å²) < 4.78 is 11.0. The maximum Gasteiger partial charge on any atom is 0.410 e. The van der Waals surface area contributed by atoms with Crippen molar-refractivity contribution in [2.24, 2.45) is 0 Å². The van der Waals surface area contributed by atoms with Crippen LogP contribution >= 0.6 is 0 Å². The number of hydrogen-bond acceptors (Lipinski definition) is 4. The normalized spacial score (nSPS) is 16.2. The quantitative estimate of drug-likeness (QED) is 0.828. The molecule has 1 amide bonds. The second-order valence-corrected chi connectivity index (χ2v) is 7.97. The van der Waals surface area contributed by atoms with E-state index in [1.165, 1.54) is 11.1 Å². The summed E-state index contributed by atoms with van der Waals surface area (Å²) >= 11 is 0. The van der Waals surface area contributed by atoms with Crippen molar-refractivity contribution < 1.29 is 14.3 Å². The second kappa shape index (κ2) is 8.09. The molecule has 25 heavy (non-hydrogen) atoms. The van der Waals surface area contributed by atoms with Crippen molar-refractivity contribution in [1.82, 2.24) is 9.80 Å². The van der Waals surface area contributed by atoms with Gasteiger partial charge in [-0.3, -0.25) is 4.90 Å². The van der Waals surface area contributed by atoms with Crippen LogP contribution in [0.1, 0.15) is 51.7 Å². The Morgan fingerprint density at radius 2 is 1.80 bits per heavy atom. The zero-order valence-electron chi connectivity index (χ0n) is 16.5. The van der Waals surface area contributed by atoms with E-state index < -0.39 is 5.60 Å². The molecule has 0 atom stereocenters. The number of piperazine rings is 1. The summed E-state index contributed by atoms with van der Waals surface area (Å²) in [7, 11) is 1.72. The van der Waals surface area contributed by atoms with Crippen LogP contribution in [0, 0.1) is 0 Å². The van der Waals surface area contributed by atoms with Gasteiger partial charge in [0.2, 0.25) is 0 Å². The molecule has 1 aliphatic heterocycles. The van der Waals surface area contributed by atoms with Gasteiger partial charge in [0.1, 0.15) is 11.4 Å². The maximum absolute atomic E-state index is 12.2. The SMILES string of the molecule is COc1ccc(C(C)C)cc1CN1CCN(C(=O)OC(C)(C)C)CC1. The molecule has 1 aromatic carbocycles. The van der Waals surface area contributed by atoms with E-state index in [9.17, 15) is 4.79 Å². The van der Waals surface area contributed by atoms with Gasteiger partial charge in [0.05, 0.1) is 7.11 Å². The van der Waals surface area contributed by atoms with Gasteiger partial charge in [0.25, 0.3) is 0 Å². The lowest BCUT2D eigenvalue weighted by Crippen LogP contribution is -2.49. The third-order valence-corrected chi connectivity index (χ3v) is 4.39. The molecule has 0 bridgehead atoms. The molecule has 1 aliphatic rings. The number of nitrogens with zero attached hydrogens (tertiary/aromatic N) is 2. The first-order valence-electron chi connectivity index (χ1n) is 9.06. The number of ether oxygens (including phenoxy) is 2. The van der Waals surface area contributed by atoms with Crippen molar-refractivity contribution >= 4 is 6.09 Å². The molecule has 5 heteroatoms. The van der Waals surface area contributed by atoms with Crippen LogP contribution in [0.2, 0.25) is 0 Å². The van der Waals surface area contributed by atoms with Crippen molar-refractivity contribution in [3.63, 3.8) is 0 Å². The number of carbonyl (C=O) groups excluding carboxylic acids is 1. The van der Waals surface area contributed by atoms with Gasteiger partial charge in [-0.05, 0) is 38.3 Å². The first-order chi connectivity index (χ1) is 11.7. The number of hydrogen-bond donors (Lipinski definition) is 0. The lowest BCUT2D eigenvalue weighted by molar-refractivity contribution is 0.0138. The summed E-state index contributed by atoms with van der Waals surface area (Å²) in [6.07, 6.45) is -0.216. The number of amides is 1. The Bertz CT molecular complexity index is 585. The fraction of sp³-hybridized carbons (Fsp3) is 0.650. The second-order valence-electron chi connectivity index (χ2n) is 7.97. The van der Waals surface area contributed by atoms with Crippen LogP contribution in [0.4, 0.5) is 4.79 Å². The monoisotopic (exact) mass is 348 g/mol.